The number of methoxy groups -OCH3 is 1. The van der Waals surface area contributed by atoms with Crippen LogP contribution >= 0.6 is 11.6 Å². The maximum absolute atomic E-state index is 11.9. The Hall–Kier alpha value is -2.95. The zero-order valence-electron chi connectivity index (χ0n) is 22.1. The van der Waals surface area contributed by atoms with Crippen LogP contribution in [0.1, 0.15) is 54.4 Å². The van der Waals surface area contributed by atoms with Crippen molar-refractivity contribution < 1.29 is 14.6 Å². The lowest BCUT2D eigenvalue weighted by Gasteiger charge is -2.20. The summed E-state index contributed by atoms with van der Waals surface area (Å²) in [4.78, 5) is 18.6. The van der Waals surface area contributed by atoms with E-state index in [1.165, 1.54) is 5.56 Å². The van der Waals surface area contributed by atoms with Crippen LogP contribution in [-0.2, 0) is 16.1 Å². The Balaban J connectivity index is 1.40. The molecule has 2 aliphatic heterocycles. The van der Waals surface area contributed by atoms with Crippen LogP contribution in [0.15, 0.2) is 65.0 Å². The Morgan fingerprint density at radius 1 is 1.13 bits per heavy atom. The summed E-state index contributed by atoms with van der Waals surface area (Å²) in [5.41, 5.74) is 4.70. The summed E-state index contributed by atoms with van der Waals surface area (Å²) in [5, 5.41) is 13.6. The number of aliphatic imine (C=N–C) groups is 1. The molecule has 2 aromatic carbocycles. The molecule has 7 heteroatoms. The van der Waals surface area contributed by atoms with Gasteiger partial charge in [0, 0.05) is 81.3 Å². The molecule has 6 nitrogen and oxygen atoms in total. The highest BCUT2D eigenvalue weighted by molar-refractivity contribution is 6.20. The van der Waals surface area contributed by atoms with E-state index in [9.17, 15) is 9.90 Å². The highest BCUT2D eigenvalue weighted by atomic mass is 35.5. The number of carbonyl (C=O) groups excluding carboxylic acids is 1. The van der Waals surface area contributed by atoms with Gasteiger partial charge in [0.1, 0.15) is 0 Å². The molecule has 0 saturated carbocycles. The first kappa shape index (κ1) is 28.1. The Labute approximate surface area is 230 Å². The molecule has 1 fully saturated rings. The molecule has 0 bridgehead atoms. The van der Waals surface area contributed by atoms with Crippen molar-refractivity contribution in [3.05, 3.63) is 82.2 Å². The monoisotopic (exact) mass is 533 g/mol. The molecule has 3 atom stereocenters. The summed E-state index contributed by atoms with van der Waals surface area (Å²) in [6.45, 7) is 6.25. The first-order valence-electron chi connectivity index (χ1n) is 13.2. The number of Topliss-reactive ketones (excluding diaryl/α,β-unsaturated/α-hetero) is 1. The van der Waals surface area contributed by atoms with E-state index < -0.39 is 0 Å². The molecule has 0 aliphatic carbocycles. The number of aliphatic hydroxyl groups is 1. The second-order valence-corrected chi connectivity index (χ2v) is 10.8. The fraction of sp³-hybridized carbons (Fsp3) is 0.419. The molecular weight excluding hydrogens is 498 g/mol. The number of allylic oxidation sites excluding steroid dienone is 2. The summed E-state index contributed by atoms with van der Waals surface area (Å²) in [6.07, 6.45) is 3.61. The van der Waals surface area contributed by atoms with Crippen LogP contribution in [0.2, 0.25) is 0 Å². The zero-order valence-corrected chi connectivity index (χ0v) is 22.9. The predicted molar refractivity (Wildman–Crippen MR) is 153 cm³/mol. The molecule has 2 aromatic rings. The third kappa shape index (κ3) is 8.02. The number of ketones is 1. The highest BCUT2D eigenvalue weighted by Gasteiger charge is 2.23. The molecule has 0 amide bonds. The number of aliphatic hydroxyl groups excluding tert-OH is 1. The smallest absolute Gasteiger partial charge is 0.204 e. The number of halogens is 1. The minimum absolute atomic E-state index is 0.00694. The van der Waals surface area contributed by atoms with Gasteiger partial charge in [0.2, 0.25) is 5.78 Å². The number of nitrogens with zero attached hydrogens (tertiary/aromatic N) is 2. The minimum Gasteiger partial charge on any atom is -0.503 e. The third-order valence-electron chi connectivity index (χ3n) is 6.97. The van der Waals surface area contributed by atoms with Gasteiger partial charge in [-0.1, -0.05) is 36.1 Å². The third-order valence-corrected chi connectivity index (χ3v) is 7.13. The quantitative estimate of drug-likeness (QED) is 0.338. The summed E-state index contributed by atoms with van der Waals surface area (Å²) in [5.74, 6) is 6.03. The first-order chi connectivity index (χ1) is 18.4. The van der Waals surface area contributed by atoms with Gasteiger partial charge >= 0.3 is 0 Å². The van der Waals surface area contributed by atoms with Gasteiger partial charge in [0.05, 0.1) is 11.8 Å². The first-order valence-corrected chi connectivity index (χ1v) is 13.6. The molecule has 4 rings (SSSR count). The van der Waals surface area contributed by atoms with Crippen molar-refractivity contribution in [3.63, 3.8) is 0 Å². The van der Waals surface area contributed by atoms with Crippen LogP contribution in [0.5, 0.6) is 0 Å². The van der Waals surface area contributed by atoms with Crippen LogP contribution < -0.4 is 5.32 Å². The number of benzene rings is 2. The van der Waals surface area contributed by atoms with Crippen molar-refractivity contribution in [1.29, 1.82) is 0 Å². The van der Waals surface area contributed by atoms with Gasteiger partial charge in [0.25, 0.3) is 0 Å². The topological polar surface area (TPSA) is 74.2 Å². The molecule has 200 valence electrons. The lowest BCUT2D eigenvalue weighted by atomic mass is 9.92. The van der Waals surface area contributed by atoms with Crippen LogP contribution in [0.3, 0.4) is 0 Å². The van der Waals surface area contributed by atoms with E-state index in [2.05, 4.69) is 63.4 Å². The number of carbonyl (C=O) groups is 1. The van der Waals surface area contributed by atoms with Crippen molar-refractivity contribution >= 4 is 23.6 Å². The summed E-state index contributed by atoms with van der Waals surface area (Å²) >= 11 is 6.10. The molecule has 2 heterocycles. The van der Waals surface area contributed by atoms with Gasteiger partial charge in [-0.15, -0.1) is 11.6 Å². The number of alkyl halides is 1. The molecule has 2 unspecified atom stereocenters. The van der Waals surface area contributed by atoms with E-state index in [0.717, 1.165) is 42.7 Å². The van der Waals surface area contributed by atoms with Gasteiger partial charge in [0.15, 0.2) is 5.76 Å². The fourth-order valence-electron chi connectivity index (χ4n) is 4.77. The Morgan fingerprint density at radius 2 is 1.82 bits per heavy atom. The van der Waals surface area contributed by atoms with Crippen LogP contribution in [-0.4, -0.2) is 66.8 Å². The normalized spacial score (nSPS) is 19.3. The molecule has 38 heavy (non-hydrogen) atoms. The number of hydrogen-bond acceptors (Lipinski definition) is 6. The largest absolute Gasteiger partial charge is 0.503 e. The molecule has 0 aromatic heterocycles. The summed E-state index contributed by atoms with van der Waals surface area (Å²) in [7, 11) is 1.79. The maximum atomic E-state index is 11.9. The van der Waals surface area contributed by atoms with Gasteiger partial charge < -0.3 is 15.2 Å². The molecule has 2 aliphatic rings. The van der Waals surface area contributed by atoms with Gasteiger partial charge in [-0.2, -0.15) is 0 Å². The Bertz CT molecular complexity index is 1210. The molecule has 2 N–H and O–H groups in total. The Kier molecular flexibility index (Phi) is 10.1. The summed E-state index contributed by atoms with van der Waals surface area (Å²) < 4.78 is 5.46. The predicted octanol–water partition coefficient (Wildman–Crippen LogP) is 4.81. The zero-order chi connectivity index (χ0) is 26.9. The van der Waals surface area contributed by atoms with E-state index in [0.29, 0.717) is 31.3 Å². The second kappa shape index (κ2) is 13.7. The number of hydrogen-bond donors (Lipinski definition) is 2. The molecular formula is C31H36ClN3O3. The lowest BCUT2D eigenvalue weighted by molar-refractivity contribution is -0.117. The Morgan fingerprint density at radius 3 is 2.45 bits per heavy atom. The van der Waals surface area contributed by atoms with Crippen molar-refractivity contribution in [3.8, 4) is 11.8 Å². The van der Waals surface area contributed by atoms with Crippen LogP contribution in [0.25, 0.3) is 0 Å². The highest BCUT2D eigenvalue weighted by Crippen LogP contribution is 2.27. The van der Waals surface area contributed by atoms with Crippen LogP contribution in [0, 0.1) is 11.8 Å². The van der Waals surface area contributed by atoms with Crippen molar-refractivity contribution in [2.75, 3.05) is 33.3 Å². The van der Waals surface area contributed by atoms with Gasteiger partial charge in [-0.25, -0.2) is 0 Å². The summed E-state index contributed by atoms with van der Waals surface area (Å²) in [6, 6.07) is 16.6. The maximum Gasteiger partial charge on any atom is 0.204 e. The number of ether oxygens (including phenoxy) is 1. The average Bonchev–Trinajstić information content (AvgIpc) is 3.38. The van der Waals surface area contributed by atoms with Gasteiger partial charge in [-0.05, 0) is 48.7 Å². The van der Waals surface area contributed by atoms with Crippen molar-refractivity contribution in [2.24, 2.45) is 4.99 Å². The van der Waals surface area contributed by atoms with E-state index in [-0.39, 0.29) is 29.3 Å². The number of rotatable bonds is 10. The van der Waals surface area contributed by atoms with Crippen molar-refractivity contribution in [2.45, 2.75) is 50.1 Å². The number of nitrogens with one attached hydrogen (secondary N) is 1. The van der Waals surface area contributed by atoms with Crippen molar-refractivity contribution in [1.82, 2.24) is 10.2 Å². The van der Waals surface area contributed by atoms with E-state index in [4.69, 9.17) is 16.3 Å². The number of likely N-dealkylation sites (tertiary alicyclic amines) is 1. The van der Waals surface area contributed by atoms with Gasteiger partial charge in [-0.3, -0.25) is 14.7 Å². The molecule has 0 spiro atoms. The molecule has 1 saturated heterocycles. The van der Waals surface area contributed by atoms with Crippen LogP contribution in [0.4, 0.5) is 0 Å². The molecule has 0 radical (unpaired) electrons. The standard InChI is InChI=1S/C31H36ClN3O3/c1-22(32)18-33-19-27(17-29-31(37)30(36)13-15-34-29)26-11-9-24(10-12-26)4-3-23-5-7-25(8-6-23)20-35-16-14-28(21-35)38-2/h5-12,15,22,27-28,33,37H,13-14,16-21H2,1-2H3/t22?,27?,28-/m1/s1. The van der Waals surface area contributed by atoms with E-state index in [1.807, 2.05) is 19.1 Å². The minimum atomic E-state index is -0.287. The second-order valence-electron chi connectivity index (χ2n) is 10.0. The average molecular weight is 534 g/mol. The SMILES string of the molecule is CO[C@@H]1CCN(Cc2ccc(C#Cc3ccc(C(CNCC(C)Cl)CC4=C(O)C(=O)CC=N4)cc3)cc2)C1. The van der Waals surface area contributed by atoms with E-state index in [1.54, 1.807) is 13.3 Å². The lowest BCUT2D eigenvalue weighted by Crippen LogP contribution is -2.27. The fourth-order valence-corrected chi connectivity index (χ4v) is 4.88. The van der Waals surface area contributed by atoms with E-state index >= 15 is 0 Å².